The molecule has 2 heterocycles. The number of nitrogens with one attached hydrogen (secondary N) is 1. The number of aliphatic imine (C=N–C) groups is 1. The molecule has 0 amide bonds. The van der Waals surface area contributed by atoms with Gasteiger partial charge in [-0.3, -0.25) is 0 Å². The molecule has 1 aromatic rings. The zero-order valence-electron chi connectivity index (χ0n) is 14.8. The lowest BCUT2D eigenvalue weighted by molar-refractivity contribution is 0.306. The molecule has 0 radical (unpaired) electrons. The molecule has 132 valence electrons. The molecular weight excluding hydrogens is 318 g/mol. The Bertz CT molecular complexity index is 544. The number of fused-ring (bicyclic) bond motifs is 1. The lowest BCUT2D eigenvalue weighted by Gasteiger charge is -2.20. The number of nitrogens with zero attached hydrogens (tertiary/aromatic N) is 2. The second kappa shape index (κ2) is 10.5. The highest BCUT2D eigenvalue weighted by Crippen LogP contribution is 2.20. The van der Waals surface area contributed by atoms with Gasteiger partial charge in [-0.05, 0) is 42.9 Å². The highest BCUT2D eigenvalue weighted by molar-refractivity contribution is 7.95. The quantitative estimate of drug-likeness (QED) is 0.797. The molecule has 0 aliphatic carbocycles. The summed E-state index contributed by atoms with van der Waals surface area (Å²) >= 11 is 1.65. The van der Waals surface area contributed by atoms with Crippen LogP contribution in [0.15, 0.2) is 41.2 Å². The predicted molar refractivity (Wildman–Crippen MR) is 104 cm³/mol. The van der Waals surface area contributed by atoms with Crippen molar-refractivity contribution in [1.29, 1.82) is 0 Å². The first kappa shape index (κ1) is 19.0. The largest absolute Gasteiger partial charge is 0.396 e. The summed E-state index contributed by atoms with van der Waals surface area (Å²) in [6.45, 7) is 6.29. The van der Waals surface area contributed by atoms with Crippen molar-refractivity contribution in [2.45, 2.75) is 46.0 Å². The molecule has 3 rings (SSSR count). The van der Waals surface area contributed by atoms with Crippen LogP contribution in [0.25, 0.3) is 0 Å². The van der Waals surface area contributed by atoms with Crippen LogP contribution >= 0.6 is 12.1 Å². The van der Waals surface area contributed by atoms with Crippen molar-refractivity contribution >= 4 is 17.8 Å². The fourth-order valence-electron chi connectivity index (χ4n) is 2.87. The van der Waals surface area contributed by atoms with Crippen LogP contribution in [0, 0.1) is 0 Å². The highest BCUT2D eigenvalue weighted by Gasteiger charge is 2.15. The topological polar surface area (TPSA) is 47.9 Å². The predicted octanol–water partition coefficient (Wildman–Crippen LogP) is 3.72. The van der Waals surface area contributed by atoms with Crippen LogP contribution in [0.1, 0.15) is 44.2 Å². The van der Waals surface area contributed by atoms with Crippen LogP contribution in [0.2, 0.25) is 0 Å². The zero-order chi connectivity index (χ0) is 17.2. The molecule has 24 heavy (non-hydrogen) atoms. The van der Waals surface area contributed by atoms with Crippen LogP contribution in [-0.2, 0) is 12.8 Å². The average Bonchev–Trinajstić information content (AvgIpc) is 2.85. The molecule has 5 heteroatoms. The van der Waals surface area contributed by atoms with Crippen molar-refractivity contribution in [3.63, 3.8) is 0 Å². The van der Waals surface area contributed by atoms with Gasteiger partial charge < -0.3 is 9.83 Å². The molecule has 0 atom stereocenters. The standard InChI is InChI=1S/C17H23N3OS.C2H6/c21-13-10-16-6-3-7-17(18-16)19-22-20-11-8-14-4-1-2-5-15(14)9-12-20;1-2/h1-2,4-5,7,19,21H,3,6,8-13H2;1-2H3. The number of rotatable bonds is 5. The molecule has 0 aromatic heterocycles. The first-order chi connectivity index (χ1) is 11.8. The molecular formula is C19H29N3OS. The van der Waals surface area contributed by atoms with E-state index in [0.29, 0.717) is 6.42 Å². The van der Waals surface area contributed by atoms with Crippen LogP contribution in [0.3, 0.4) is 0 Å². The molecule has 2 N–H and O–H groups in total. The minimum Gasteiger partial charge on any atom is -0.396 e. The lowest BCUT2D eigenvalue weighted by Crippen LogP contribution is -2.24. The molecule has 0 bridgehead atoms. The number of aliphatic hydroxyl groups excluding tert-OH is 1. The van der Waals surface area contributed by atoms with Gasteiger partial charge in [-0.2, -0.15) is 0 Å². The van der Waals surface area contributed by atoms with E-state index < -0.39 is 0 Å². The van der Waals surface area contributed by atoms with Gasteiger partial charge in [-0.1, -0.05) is 38.1 Å². The van der Waals surface area contributed by atoms with E-state index in [0.717, 1.165) is 50.3 Å². The molecule has 0 saturated heterocycles. The van der Waals surface area contributed by atoms with Gasteiger partial charge in [0.2, 0.25) is 0 Å². The van der Waals surface area contributed by atoms with Gasteiger partial charge in [-0.25, -0.2) is 9.30 Å². The lowest BCUT2D eigenvalue weighted by atomic mass is 10.0. The van der Waals surface area contributed by atoms with Crippen molar-refractivity contribution in [2.24, 2.45) is 4.99 Å². The third-order valence-electron chi connectivity index (χ3n) is 4.11. The van der Waals surface area contributed by atoms with Gasteiger partial charge in [-0.15, -0.1) is 0 Å². The van der Waals surface area contributed by atoms with E-state index in [9.17, 15) is 0 Å². The summed E-state index contributed by atoms with van der Waals surface area (Å²) in [6.07, 6.45) is 7.00. The third kappa shape index (κ3) is 5.65. The first-order valence-corrected chi connectivity index (χ1v) is 9.74. The summed E-state index contributed by atoms with van der Waals surface area (Å²) in [5.41, 5.74) is 4.05. The van der Waals surface area contributed by atoms with E-state index >= 15 is 0 Å². The van der Waals surface area contributed by atoms with E-state index in [2.05, 4.69) is 44.4 Å². The number of allylic oxidation sites excluding steroid dienone is 1. The molecule has 0 spiro atoms. The third-order valence-corrected chi connectivity index (χ3v) is 5.03. The molecule has 0 unspecified atom stereocenters. The second-order valence-corrected chi connectivity index (χ2v) is 6.57. The van der Waals surface area contributed by atoms with Crippen molar-refractivity contribution in [3.05, 3.63) is 47.3 Å². The van der Waals surface area contributed by atoms with Crippen LogP contribution < -0.4 is 4.72 Å². The summed E-state index contributed by atoms with van der Waals surface area (Å²) in [5.74, 6) is 0.932. The summed E-state index contributed by atoms with van der Waals surface area (Å²) in [6, 6.07) is 8.74. The molecule has 0 saturated carbocycles. The molecule has 4 nitrogen and oxygen atoms in total. The van der Waals surface area contributed by atoms with Crippen LogP contribution in [-0.4, -0.2) is 34.8 Å². The van der Waals surface area contributed by atoms with Crippen LogP contribution in [0.5, 0.6) is 0 Å². The maximum atomic E-state index is 9.02. The Hall–Kier alpha value is -1.30. The molecule has 2 aliphatic heterocycles. The zero-order valence-corrected chi connectivity index (χ0v) is 15.6. The summed E-state index contributed by atoms with van der Waals surface area (Å²) in [4.78, 5) is 4.58. The van der Waals surface area contributed by atoms with Crippen molar-refractivity contribution < 1.29 is 5.11 Å². The summed E-state index contributed by atoms with van der Waals surface area (Å²) in [5, 5.41) is 9.02. The second-order valence-electron chi connectivity index (χ2n) is 5.67. The Labute approximate surface area is 150 Å². The molecule has 1 aromatic carbocycles. The van der Waals surface area contributed by atoms with Crippen molar-refractivity contribution in [2.75, 3.05) is 19.7 Å². The maximum Gasteiger partial charge on any atom is 0.132 e. The van der Waals surface area contributed by atoms with Gasteiger partial charge in [0.05, 0.1) is 0 Å². The summed E-state index contributed by atoms with van der Waals surface area (Å²) < 4.78 is 5.74. The number of aliphatic hydroxyl groups is 1. The van der Waals surface area contributed by atoms with E-state index in [1.165, 1.54) is 11.1 Å². The number of hydrogen-bond donors (Lipinski definition) is 2. The van der Waals surface area contributed by atoms with Gasteiger partial charge >= 0.3 is 0 Å². The Morgan fingerprint density at radius 1 is 1.12 bits per heavy atom. The highest BCUT2D eigenvalue weighted by atomic mass is 32.2. The smallest absolute Gasteiger partial charge is 0.132 e. The van der Waals surface area contributed by atoms with Gasteiger partial charge in [0.25, 0.3) is 0 Å². The Morgan fingerprint density at radius 2 is 1.79 bits per heavy atom. The van der Waals surface area contributed by atoms with Gasteiger partial charge in [0.15, 0.2) is 0 Å². The van der Waals surface area contributed by atoms with E-state index in [1.807, 2.05) is 13.8 Å². The van der Waals surface area contributed by atoms with E-state index in [4.69, 9.17) is 5.11 Å². The van der Waals surface area contributed by atoms with Crippen LogP contribution in [0.4, 0.5) is 0 Å². The Morgan fingerprint density at radius 3 is 2.42 bits per heavy atom. The first-order valence-electron chi connectivity index (χ1n) is 8.97. The monoisotopic (exact) mass is 347 g/mol. The maximum absolute atomic E-state index is 9.02. The minimum absolute atomic E-state index is 0.184. The van der Waals surface area contributed by atoms with Crippen molar-refractivity contribution in [1.82, 2.24) is 9.03 Å². The van der Waals surface area contributed by atoms with Gasteiger partial charge in [0, 0.05) is 44.0 Å². The van der Waals surface area contributed by atoms with E-state index in [1.54, 1.807) is 12.1 Å². The number of hydrogen-bond acceptors (Lipinski definition) is 5. The Kier molecular flexibility index (Phi) is 8.36. The fraction of sp³-hybridized carbons (Fsp3) is 0.526. The fourth-order valence-corrected chi connectivity index (χ4v) is 3.59. The van der Waals surface area contributed by atoms with E-state index in [-0.39, 0.29) is 6.61 Å². The van der Waals surface area contributed by atoms with Gasteiger partial charge in [0.1, 0.15) is 5.82 Å². The minimum atomic E-state index is 0.184. The van der Waals surface area contributed by atoms with Crippen molar-refractivity contribution in [3.8, 4) is 0 Å². The average molecular weight is 348 g/mol. The SMILES string of the molecule is CC.OCCC1=NC(NSN2CCc3ccccc3CC2)=CCC1. The molecule has 0 fully saturated rings. The Balaban J connectivity index is 0.00000100. The number of benzene rings is 1. The molecule has 2 aliphatic rings. The normalized spacial score (nSPS) is 17.6. The summed E-state index contributed by atoms with van der Waals surface area (Å²) in [7, 11) is 0.